The maximum absolute atomic E-state index is 12.5. The molecule has 0 bridgehead atoms. The second-order valence-electron chi connectivity index (χ2n) is 5.78. The molecule has 106 valence electrons. The van der Waals surface area contributed by atoms with E-state index in [4.69, 9.17) is 0 Å². The quantitative estimate of drug-likeness (QED) is 0.822. The SMILES string of the molecule is Cc1cccc(CN2CC(=O)N3CCCCC3C2=O)c1. The molecular weight excluding hydrogens is 252 g/mol. The lowest BCUT2D eigenvalue weighted by Gasteiger charge is -2.42. The maximum Gasteiger partial charge on any atom is 0.246 e. The van der Waals surface area contributed by atoms with Crippen molar-refractivity contribution >= 4 is 11.8 Å². The molecule has 2 aliphatic rings. The van der Waals surface area contributed by atoms with Gasteiger partial charge in [-0.25, -0.2) is 0 Å². The third-order valence-electron chi connectivity index (χ3n) is 4.20. The molecule has 2 aliphatic heterocycles. The van der Waals surface area contributed by atoms with Gasteiger partial charge in [-0.3, -0.25) is 9.59 Å². The molecule has 0 saturated carbocycles. The normalized spacial score (nSPS) is 22.9. The Morgan fingerprint density at radius 2 is 2.10 bits per heavy atom. The van der Waals surface area contributed by atoms with E-state index >= 15 is 0 Å². The molecule has 2 fully saturated rings. The van der Waals surface area contributed by atoms with Gasteiger partial charge in [-0.1, -0.05) is 29.8 Å². The maximum atomic E-state index is 12.5. The molecule has 2 heterocycles. The van der Waals surface area contributed by atoms with Crippen LogP contribution in [0, 0.1) is 6.92 Å². The van der Waals surface area contributed by atoms with Gasteiger partial charge in [-0.05, 0) is 31.7 Å². The highest BCUT2D eigenvalue weighted by atomic mass is 16.2. The van der Waals surface area contributed by atoms with Gasteiger partial charge in [0.05, 0.1) is 0 Å². The molecule has 1 unspecified atom stereocenters. The Balaban J connectivity index is 1.77. The Morgan fingerprint density at radius 1 is 1.25 bits per heavy atom. The summed E-state index contributed by atoms with van der Waals surface area (Å²) in [6, 6.07) is 7.90. The second kappa shape index (κ2) is 5.27. The van der Waals surface area contributed by atoms with Crippen LogP contribution in [0.15, 0.2) is 24.3 Å². The number of hydrogen-bond donors (Lipinski definition) is 0. The first-order valence-corrected chi connectivity index (χ1v) is 7.29. The fraction of sp³-hybridized carbons (Fsp3) is 0.500. The van der Waals surface area contributed by atoms with Gasteiger partial charge in [-0.15, -0.1) is 0 Å². The van der Waals surface area contributed by atoms with Crippen molar-refractivity contribution in [2.24, 2.45) is 0 Å². The highest BCUT2D eigenvalue weighted by molar-refractivity contribution is 5.95. The molecule has 4 nitrogen and oxygen atoms in total. The van der Waals surface area contributed by atoms with Gasteiger partial charge >= 0.3 is 0 Å². The minimum absolute atomic E-state index is 0.0990. The lowest BCUT2D eigenvalue weighted by Crippen LogP contribution is -2.60. The number of hydrogen-bond acceptors (Lipinski definition) is 2. The van der Waals surface area contributed by atoms with Crippen molar-refractivity contribution < 1.29 is 9.59 Å². The van der Waals surface area contributed by atoms with Crippen molar-refractivity contribution in [1.82, 2.24) is 9.80 Å². The zero-order chi connectivity index (χ0) is 14.1. The molecule has 2 amide bonds. The van der Waals surface area contributed by atoms with Gasteiger partial charge in [0.1, 0.15) is 12.6 Å². The summed E-state index contributed by atoms with van der Waals surface area (Å²) in [6.07, 6.45) is 2.88. The van der Waals surface area contributed by atoms with Crippen LogP contribution in [-0.2, 0) is 16.1 Å². The summed E-state index contributed by atoms with van der Waals surface area (Å²) < 4.78 is 0. The third-order valence-corrected chi connectivity index (χ3v) is 4.20. The van der Waals surface area contributed by atoms with E-state index in [1.54, 1.807) is 9.80 Å². The zero-order valence-electron chi connectivity index (χ0n) is 11.8. The van der Waals surface area contributed by atoms with Crippen LogP contribution in [0.25, 0.3) is 0 Å². The van der Waals surface area contributed by atoms with E-state index < -0.39 is 0 Å². The predicted molar refractivity (Wildman–Crippen MR) is 75.9 cm³/mol. The van der Waals surface area contributed by atoms with E-state index in [1.165, 1.54) is 5.56 Å². The molecule has 0 aliphatic carbocycles. The number of carbonyl (C=O) groups is 2. The van der Waals surface area contributed by atoms with E-state index in [0.717, 1.165) is 31.4 Å². The molecule has 2 saturated heterocycles. The van der Waals surface area contributed by atoms with Crippen LogP contribution in [0.5, 0.6) is 0 Å². The van der Waals surface area contributed by atoms with Crippen LogP contribution < -0.4 is 0 Å². The Morgan fingerprint density at radius 3 is 2.90 bits per heavy atom. The van der Waals surface area contributed by atoms with Crippen LogP contribution in [-0.4, -0.2) is 40.7 Å². The molecule has 3 rings (SSSR count). The average Bonchev–Trinajstić information content (AvgIpc) is 2.45. The lowest BCUT2D eigenvalue weighted by molar-refractivity contribution is -0.158. The Bertz CT molecular complexity index is 541. The smallest absolute Gasteiger partial charge is 0.246 e. The van der Waals surface area contributed by atoms with E-state index in [2.05, 4.69) is 6.07 Å². The molecule has 0 radical (unpaired) electrons. The number of aryl methyl sites for hydroxylation is 1. The largest absolute Gasteiger partial charge is 0.329 e. The zero-order valence-corrected chi connectivity index (χ0v) is 11.8. The molecule has 1 atom stereocenters. The van der Waals surface area contributed by atoms with E-state index in [1.807, 2.05) is 25.1 Å². The molecule has 20 heavy (non-hydrogen) atoms. The van der Waals surface area contributed by atoms with Crippen molar-refractivity contribution in [2.45, 2.75) is 38.8 Å². The summed E-state index contributed by atoms with van der Waals surface area (Å²) in [5, 5.41) is 0. The average molecular weight is 272 g/mol. The fourth-order valence-electron chi connectivity index (χ4n) is 3.19. The van der Waals surface area contributed by atoms with E-state index in [-0.39, 0.29) is 24.4 Å². The van der Waals surface area contributed by atoms with E-state index in [9.17, 15) is 9.59 Å². The molecule has 1 aromatic carbocycles. The number of carbonyl (C=O) groups excluding carboxylic acids is 2. The summed E-state index contributed by atoms with van der Waals surface area (Å²) in [5.41, 5.74) is 2.27. The summed E-state index contributed by atoms with van der Waals surface area (Å²) in [7, 11) is 0. The first-order chi connectivity index (χ1) is 9.65. The van der Waals surface area contributed by atoms with Crippen LogP contribution in [0.4, 0.5) is 0 Å². The minimum atomic E-state index is -0.213. The molecule has 0 aromatic heterocycles. The molecule has 1 aromatic rings. The van der Waals surface area contributed by atoms with Crippen LogP contribution in [0.2, 0.25) is 0 Å². The molecule has 0 spiro atoms. The summed E-state index contributed by atoms with van der Waals surface area (Å²) >= 11 is 0. The van der Waals surface area contributed by atoms with Crippen molar-refractivity contribution in [2.75, 3.05) is 13.1 Å². The summed E-state index contributed by atoms with van der Waals surface area (Å²) in [6.45, 7) is 3.54. The van der Waals surface area contributed by atoms with E-state index in [0.29, 0.717) is 6.54 Å². The molecule has 4 heteroatoms. The monoisotopic (exact) mass is 272 g/mol. The fourth-order valence-corrected chi connectivity index (χ4v) is 3.19. The number of amides is 2. The standard InChI is InChI=1S/C16H20N2O2/c1-12-5-4-6-13(9-12)10-17-11-15(19)18-8-3-2-7-14(18)16(17)20/h4-6,9,14H,2-3,7-8,10-11H2,1H3. The van der Waals surface area contributed by atoms with Crippen molar-refractivity contribution in [3.05, 3.63) is 35.4 Å². The second-order valence-corrected chi connectivity index (χ2v) is 5.78. The first kappa shape index (κ1) is 13.2. The highest BCUT2D eigenvalue weighted by Gasteiger charge is 2.40. The third kappa shape index (κ3) is 2.42. The van der Waals surface area contributed by atoms with Gasteiger partial charge in [0.15, 0.2) is 0 Å². The Kier molecular flexibility index (Phi) is 3.47. The summed E-state index contributed by atoms with van der Waals surface area (Å²) in [4.78, 5) is 28.2. The Hall–Kier alpha value is -1.84. The van der Waals surface area contributed by atoms with Crippen LogP contribution in [0.3, 0.4) is 0 Å². The van der Waals surface area contributed by atoms with Crippen molar-refractivity contribution in [3.8, 4) is 0 Å². The van der Waals surface area contributed by atoms with Crippen molar-refractivity contribution in [1.29, 1.82) is 0 Å². The van der Waals surface area contributed by atoms with Crippen LogP contribution in [0.1, 0.15) is 30.4 Å². The van der Waals surface area contributed by atoms with Gasteiger partial charge in [-0.2, -0.15) is 0 Å². The number of nitrogens with zero attached hydrogens (tertiary/aromatic N) is 2. The summed E-state index contributed by atoms with van der Waals surface area (Å²) in [5.74, 6) is 0.216. The van der Waals surface area contributed by atoms with Gasteiger partial charge in [0.25, 0.3) is 0 Å². The number of piperazine rings is 1. The number of fused-ring (bicyclic) bond motifs is 1. The number of benzene rings is 1. The Labute approximate surface area is 119 Å². The molecule has 0 N–H and O–H groups in total. The van der Waals surface area contributed by atoms with Crippen molar-refractivity contribution in [3.63, 3.8) is 0 Å². The number of rotatable bonds is 2. The highest BCUT2D eigenvalue weighted by Crippen LogP contribution is 2.24. The first-order valence-electron chi connectivity index (χ1n) is 7.29. The lowest BCUT2D eigenvalue weighted by atomic mass is 9.98. The number of piperidine rings is 1. The van der Waals surface area contributed by atoms with Gasteiger partial charge < -0.3 is 9.80 Å². The molecular formula is C16H20N2O2. The van der Waals surface area contributed by atoms with Gasteiger partial charge in [0, 0.05) is 13.1 Å². The van der Waals surface area contributed by atoms with Gasteiger partial charge in [0.2, 0.25) is 11.8 Å². The predicted octanol–water partition coefficient (Wildman–Crippen LogP) is 1.72. The minimum Gasteiger partial charge on any atom is -0.329 e. The topological polar surface area (TPSA) is 40.6 Å². The van der Waals surface area contributed by atoms with Crippen LogP contribution >= 0.6 is 0 Å².